The molecule has 0 bridgehead atoms. The van der Waals surface area contributed by atoms with Crippen molar-refractivity contribution in [2.45, 2.75) is 13.3 Å². The molecule has 1 nitrogen and oxygen atoms in total. The molecule has 0 fully saturated rings. The van der Waals surface area contributed by atoms with E-state index in [4.69, 9.17) is 0 Å². The second kappa shape index (κ2) is 4.93. The Hall–Kier alpha value is -0.930. The summed E-state index contributed by atoms with van der Waals surface area (Å²) in [6, 6.07) is 9.72. The Balaban J connectivity index is 2.38. The monoisotopic (exact) mass is 294 g/mol. The van der Waals surface area contributed by atoms with E-state index < -0.39 is 0 Å². The van der Waals surface area contributed by atoms with E-state index in [1.165, 1.54) is 16.9 Å². The van der Waals surface area contributed by atoms with Gasteiger partial charge >= 0.3 is 0 Å². The number of hydrogen-bond donors (Lipinski definition) is 0. The van der Waals surface area contributed by atoms with Crippen LogP contribution >= 0.6 is 27.3 Å². The molecule has 0 aliphatic rings. The van der Waals surface area contributed by atoms with Crippen molar-refractivity contribution in [2.75, 3.05) is 0 Å². The van der Waals surface area contributed by atoms with E-state index in [0.29, 0.717) is 0 Å². The van der Waals surface area contributed by atoms with Gasteiger partial charge in [-0.1, -0.05) is 25.1 Å². The van der Waals surface area contributed by atoms with E-state index in [9.17, 15) is 4.79 Å². The summed E-state index contributed by atoms with van der Waals surface area (Å²) in [6.45, 7) is 2.09. The van der Waals surface area contributed by atoms with Crippen molar-refractivity contribution in [3.8, 4) is 0 Å². The predicted molar refractivity (Wildman–Crippen MR) is 71.3 cm³/mol. The predicted octanol–water partition coefficient (Wildman–Crippen LogP) is 4.30. The fourth-order valence-corrected chi connectivity index (χ4v) is 3.03. The number of ketones is 1. The molecule has 16 heavy (non-hydrogen) atoms. The number of benzene rings is 1. The molecule has 0 spiro atoms. The fourth-order valence-electron chi connectivity index (χ4n) is 1.52. The van der Waals surface area contributed by atoms with Gasteiger partial charge in [0.2, 0.25) is 5.78 Å². The number of rotatable bonds is 3. The molecule has 1 aromatic heterocycles. The maximum Gasteiger partial charge on any atom is 0.204 e. The number of aryl methyl sites for hydroxylation is 1. The summed E-state index contributed by atoms with van der Waals surface area (Å²) in [5.41, 5.74) is 1.96. The Bertz CT molecular complexity index is 516. The zero-order chi connectivity index (χ0) is 11.5. The lowest BCUT2D eigenvalue weighted by Crippen LogP contribution is -2.00. The maximum atomic E-state index is 12.2. The summed E-state index contributed by atoms with van der Waals surface area (Å²) < 4.78 is 0.879. The second-order valence-corrected chi connectivity index (χ2v) is 5.25. The van der Waals surface area contributed by atoms with Crippen LogP contribution in [-0.2, 0) is 6.42 Å². The van der Waals surface area contributed by atoms with Crippen LogP contribution in [0.1, 0.15) is 27.7 Å². The quantitative estimate of drug-likeness (QED) is 0.771. The minimum atomic E-state index is 0.0946. The van der Waals surface area contributed by atoms with Crippen molar-refractivity contribution in [1.29, 1.82) is 0 Å². The zero-order valence-electron chi connectivity index (χ0n) is 8.87. The van der Waals surface area contributed by atoms with E-state index in [1.807, 2.05) is 35.7 Å². The van der Waals surface area contributed by atoms with Crippen molar-refractivity contribution in [3.05, 3.63) is 56.2 Å². The molecule has 2 rings (SSSR count). The lowest BCUT2D eigenvalue weighted by Gasteiger charge is -2.02. The van der Waals surface area contributed by atoms with Crippen molar-refractivity contribution in [2.24, 2.45) is 0 Å². The molecule has 82 valence electrons. The van der Waals surface area contributed by atoms with E-state index >= 15 is 0 Å². The molecular formula is C13H11BrOS. The average molecular weight is 295 g/mol. The highest BCUT2D eigenvalue weighted by Crippen LogP contribution is 2.25. The summed E-state index contributed by atoms with van der Waals surface area (Å²) >= 11 is 4.86. The van der Waals surface area contributed by atoms with Crippen LogP contribution in [0.2, 0.25) is 0 Å². The van der Waals surface area contributed by atoms with Gasteiger partial charge in [0, 0.05) is 10.0 Å². The lowest BCUT2D eigenvalue weighted by molar-refractivity contribution is 0.104. The van der Waals surface area contributed by atoms with Gasteiger partial charge in [0.1, 0.15) is 0 Å². The lowest BCUT2D eigenvalue weighted by atomic mass is 10.1. The topological polar surface area (TPSA) is 17.1 Å². The fraction of sp³-hybridized carbons (Fsp3) is 0.154. The van der Waals surface area contributed by atoms with Gasteiger partial charge in [-0.25, -0.2) is 0 Å². The highest BCUT2D eigenvalue weighted by atomic mass is 79.9. The van der Waals surface area contributed by atoms with Crippen LogP contribution in [0.5, 0.6) is 0 Å². The Labute approximate surface area is 107 Å². The number of carbonyl (C=O) groups is 1. The van der Waals surface area contributed by atoms with Gasteiger partial charge in [-0.05, 0) is 45.4 Å². The average Bonchev–Trinajstić information content (AvgIpc) is 2.74. The van der Waals surface area contributed by atoms with Gasteiger partial charge in [-0.15, -0.1) is 11.3 Å². The molecule has 0 N–H and O–H groups in total. The van der Waals surface area contributed by atoms with Crippen molar-refractivity contribution in [3.63, 3.8) is 0 Å². The van der Waals surface area contributed by atoms with Gasteiger partial charge in [0.25, 0.3) is 0 Å². The number of halogens is 1. The van der Waals surface area contributed by atoms with E-state index in [2.05, 4.69) is 22.9 Å². The Morgan fingerprint density at radius 3 is 2.81 bits per heavy atom. The first kappa shape index (κ1) is 11.6. The molecule has 0 aliphatic carbocycles. The normalized spacial score (nSPS) is 10.4. The Morgan fingerprint density at radius 2 is 2.19 bits per heavy atom. The molecule has 0 aliphatic heterocycles. The first-order valence-electron chi connectivity index (χ1n) is 5.09. The van der Waals surface area contributed by atoms with Crippen LogP contribution in [0.3, 0.4) is 0 Å². The summed E-state index contributed by atoms with van der Waals surface area (Å²) in [5.74, 6) is 0.0946. The van der Waals surface area contributed by atoms with E-state index in [0.717, 1.165) is 21.3 Å². The minimum Gasteiger partial charge on any atom is -0.288 e. The zero-order valence-corrected chi connectivity index (χ0v) is 11.3. The molecule has 0 saturated heterocycles. The Morgan fingerprint density at radius 1 is 1.38 bits per heavy atom. The van der Waals surface area contributed by atoms with E-state index in [-0.39, 0.29) is 5.78 Å². The second-order valence-electron chi connectivity index (χ2n) is 3.48. The first-order valence-corrected chi connectivity index (χ1v) is 6.76. The molecule has 0 saturated carbocycles. The third-order valence-corrected chi connectivity index (χ3v) is 4.26. The van der Waals surface area contributed by atoms with Gasteiger partial charge < -0.3 is 0 Å². The minimum absolute atomic E-state index is 0.0946. The largest absolute Gasteiger partial charge is 0.288 e. The molecule has 3 heteroatoms. The molecule has 0 radical (unpaired) electrons. The molecule has 0 unspecified atom stereocenters. The molecular weight excluding hydrogens is 284 g/mol. The molecule has 0 atom stereocenters. The van der Waals surface area contributed by atoms with Gasteiger partial charge in [-0.3, -0.25) is 4.79 Å². The molecule has 1 aromatic carbocycles. The number of carbonyl (C=O) groups excluding carboxylic acids is 1. The van der Waals surface area contributed by atoms with Crippen molar-refractivity contribution < 1.29 is 4.79 Å². The van der Waals surface area contributed by atoms with Crippen LogP contribution in [0, 0.1) is 0 Å². The first-order chi connectivity index (χ1) is 7.72. The van der Waals surface area contributed by atoms with Gasteiger partial charge in [-0.2, -0.15) is 0 Å². The summed E-state index contributed by atoms with van der Waals surface area (Å²) in [4.78, 5) is 12.9. The van der Waals surface area contributed by atoms with Crippen molar-refractivity contribution in [1.82, 2.24) is 0 Å². The Kier molecular flexibility index (Phi) is 3.56. The molecule has 2 aromatic rings. The van der Waals surface area contributed by atoms with Crippen molar-refractivity contribution >= 4 is 33.0 Å². The number of hydrogen-bond acceptors (Lipinski definition) is 2. The summed E-state index contributed by atoms with van der Waals surface area (Å²) in [5, 5.41) is 1.92. The number of thiophene rings is 1. The summed E-state index contributed by atoms with van der Waals surface area (Å²) in [7, 11) is 0. The van der Waals surface area contributed by atoms with Crippen LogP contribution in [-0.4, -0.2) is 5.78 Å². The van der Waals surface area contributed by atoms with Gasteiger partial charge in [0.05, 0.1) is 4.88 Å². The highest BCUT2D eigenvalue weighted by molar-refractivity contribution is 9.10. The summed E-state index contributed by atoms with van der Waals surface area (Å²) in [6.07, 6.45) is 0.951. The third kappa shape index (κ3) is 2.25. The van der Waals surface area contributed by atoms with Gasteiger partial charge in [0.15, 0.2) is 0 Å². The van der Waals surface area contributed by atoms with Crippen LogP contribution in [0.25, 0.3) is 0 Å². The van der Waals surface area contributed by atoms with Crippen LogP contribution < -0.4 is 0 Å². The van der Waals surface area contributed by atoms with E-state index in [1.54, 1.807) is 0 Å². The molecule has 0 amide bonds. The maximum absolute atomic E-state index is 12.2. The highest BCUT2D eigenvalue weighted by Gasteiger charge is 2.13. The molecule has 1 heterocycles. The smallest absolute Gasteiger partial charge is 0.204 e. The standard InChI is InChI=1S/C13H11BrOS/c1-2-9-4-3-5-10(8-9)12(15)13-11(14)6-7-16-13/h3-8H,2H2,1H3. The van der Waals surface area contributed by atoms with Crippen LogP contribution in [0.15, 0.2) is 40.2 Å². The SMILES string of the molecule is CCc1cccc(C(=O)c2sccc2Br)c1. The van der Waals surface area contributed by atoms with Crippen LogP contribution in [0.4, 0.5) is 0 Å². The third-order valence-electron chi connectivity index (χ3n) is 2.42.